The van der Waals surface area contributed by atoms with Crippen LogP contribution in [-0.4, -0.2) is 9.78 Å². The third kappa shape index (κ3) is 2.11. The number of hydrogen-bond donors (Lipinski definition) is 1. The molecule has 1 aromatic carbocycles. The molecule has 0 saturated carbocycles. The summed E-state index contributed by atoms with van der Waals surface area (Å²) in [5.41, 5.74) is 8.82. The maximum atomic E-state index is 5.53. The van der Waals surface area contributed by atoms with Gasteiger partial charge in [0.2, 0.25) is 0 Å². The van der Waals surface area contributed by atoms with Crippen LogP contribution in [0.3, 0.4) is 0 Å². The van der Waals surface area contributed by atoms with Gasteiger partial charge in [0.25, 0.3) is 0 Å². The van der Waals surface area contributed by atoms with Crippen LogP contribution in [0.5, 0.6) is 0 Å². The van der Waals surface area contributed by atoms with E-state index >= 15 is 0 Å². The number of rotatable bonds is 2. The van der Waals surface area contributed by atoms with Crippen molar-refractivity contribution < 1.29 is 0 Å². The second-order valence-corrected chi connectivity index (χ2v) is 4.29. The van der Waals surface area contributed by atoms with E-state index in [0.29, 0.717) is 6.54 Å². The minimum atomic E-state index is 0.523. The maximum absolute atomic E-state index is 5.53. The summed E-state index contributed by atoms with van der Waals surface area (Å²) in [6.45, 7) is 2.58. The zero-order valence-corrected chi connectivity index (χ0v) is 10.0. The normalized spacial score (nSPS) is 10.6. The third-order valence-electron chi connectivity index (χ3n) is 2.28. The fraction of sp³-hybridized carbons (Fsp3) is 0.182. The van der Waals surface area contributed by atoms with Crippen molar-refractivity contribution in [2.45, 2.75) is 13.5 Å². The minimum absolute atomic E-state index is 0.523. The van der Waals surface area contributed by atoms with Crippen molar-refractivity contribution in [1.82, 2.24) is 9.78 Å². The maximum Gasteiger partial charge on any atom is 0.0649 e. The zero-order valence-electron chi connectivity index (χ0n) is 8.44. The molecule has 78 valence electrons. The number of hydrogen-bond acceptors (Lipinski definition) is 2. The Morgan fingerprint density at radius 2 is 2.27 bits per heavy atom. The Morgan fingerprint density at radius 1 is 1.47 bits per heavy atom. The molecule has 0 aliphatic heterocycles. The largest absolute Gasteiger partial charge is 0.326 e. The molecule has 4 heteroatoms. The summed E-state index contributed by atoms with van der Waals surface area (Å²) in [5, 5.41) is 4.25. The highest BCUT2D eigenvalue weighted by molar-refractivity contribution is 9.10. The highest BCUT2D eigenvalue weighted by atomic mass is 79.9. The molecule has 0 amide bonds. The SMILES string of the molecule is Cc1cc(-n2cc(CN)cn2)ccc1Br. The highest BCUT2D eigenvalue weighted by Crippen LogP contribution is 2.19. The molecule has 0 atom stereocenters. The van der Waals surface area contributed by atoms with Gasteiger partial charge in [-0.15, -0.1) is 0 Å². The van der Waals surface area contributed by atoms with Gasteiger partial charge in [0, 0.05) is 22.8 Å². The Hall–Kier alpha value is -1.13. The second-order valence-electron chi connectivity index (χ2n) is 3.43. The van der Waals surface area contributed by atoms with Gasteiger partial charge in [0.05, 0.1) is 11.9 Å². The number of benzene rings is 1. The van der Waals surface area contributed by atoms with Crippen LogP contribution in [0.4, 0.5) is 0 Å². The van der Waals surface area contributed by atoms with Gasteiger partial charge >= 0.3 is 0 Å². The van der Waals surface area contributed by atoms with E-state index in [2.05, 4.69) is 34.0 Å². The second kappa shape index (κ2) is 4.16. The summed E-state index contributed by atoms with van der Waals surface area (Å²) in [4.78, 5) is 0. The van der Waals surface area contributed by atoms with Crippen molar-refractivity contribution in [2.75, 3.05) is 0 Å². The Labute approximate surface area is 97.0 Å². The van der Waals surface area contributed by atoms with Gasteiger partial charge in [-0.25, -0.2) is 4.68 Å². The van der Waals surface area contributed by atoms with Crippen LogP contribution in [-0.2, 0) is 6.54 Å². The van der Waals surface area contributed by atoms with Crippen molar-refractivity contribution >= 4 is 15.9 Å². The van der Waals surface area contributed by atoms with Crippen LogP contribution in [0, 0.1) is 6.92 Å². The van der Waals surface area contributed by atoms with Crippen LogP contribution in [0.2, 0.25) is 0 Å². The minimum Gasteiger partial charge on any atom is -0.326 e. The fourth-order valence-corrected chi connectivity index (χ4v) is 1.62. The van der Waals surface area contributed by atoms with Crippen molar-refractivity contribution in [3.05, 3.63) is 46.2 Å². The molecule has 2 N–H and O–H groups in total. The quantitative estimate of drug-likeness (QED) is 0.907. The van der Waals surface area contributed by atoms with E-state index in [1.54, 1.807) is 6.20 Å². The van der Waals surface area contributed by atoms with Crippen LogP contribution in [0.1, 0.15) is 11.1 Å². The van der Waals surface area contributed by atoms with Gasteiger partial charge in [-0.1, -0.05) is 15.9 Å². The summed E-state index contributed by atoms with van der Waals surface area (Å²) in [5.74, 6) is 0. The lowest BCUT2D eigenvalue weighted by molar-refractivity contribution is 0.877. The van der Waals surface area contributed by atoms with Gasteiger partial charge in [0.15, 0.2) is 0 Å². The Kier molecular flexibility index (Phi) is 2.88. The first-order valence-corrected chi connectivity index (χ1v) is 5.50. The van der Waals surface area contributed by atoms with Crippen LogP contribution in [0.25, 0.3) is 5.69 Å². The third-order valence-corrected chi connectivity index (χ3v) is 3.17. The predicted molar refractivity (Wildman–Crippen MR) is 63.9 cm³/mol. The number of nitrogens with zero attached hydrogens (tertiary/aromatic N) is 2. The monoisotopic (exact) mass is 265 g/mol. The van der Waals surface area contributed by atoms with Gasteiger partial charge in [0.1, 0.15) is 0 Å². The van der Waals surface area contributed by atoms with Crippen molar-refractivity contribution in [3.63, 3.8) is 0 Å². The fourth-order valence-electron chi connectivity index (χ4n) is 1.38. The number of nitrogens with two attached hydrogens (primary N) is 1. The molecule has 0 aliphatic rings. The molecule has 0 saturated heterocycles. The first-order valence-electron chi connectivity index (χ1n) is 4.71. The molecule has 0 radical (unpaired) electrons. The Balaban J connectivity index is 2.40. The first kappa shape index (κ1) is 10.4. The smallest absolute Gasteiger partial charge is 0.0649 e. The number of aryl methyl sites for hydroxylation is 1. The van der Waals surface area contributed by atoms with E-state index in [1.165, 1.54) is 5.56 Å². The molecule has 15 heavy (non-hydrogen) atoms. The summed E-state index contributed by atoms with van der Waals surface area (Å²) in [7, 11) is 0. The lowest BCUT2D eigenvalue weighted by Gasteiger charge is -2.03. The molecule has 1 aromatic heterocycles. The van der Waals surface area contributed by atoms with E-state index in [9.17, 15) is 0 Å². The van der Waals surface area contributed by atoms with Crippen molar-refractivity contribution in [3.8, 4) is 5.69 Å². The van der Waals surface area contributed by atoms with Crippen LogP contribution in [0.15, 0.2) is 35.1 Å². The first-order chi connectivity index (χ1) is 7.20. The molecule has 0 spiro atoms. The average Bonchev–Trinajstić information content (AvgIpc) is 2.70. The molecule has 3 nitrogen and oxygen atoms in total. The molecule has 2 rings (SSSR count). The lowest BCUT2D eigenvalue weighted by atomic mass is 10.2. The molecule has 1 heterocycles. The van der Waals surface area contributed by atoms with E-state index in [4.69, 9.17) is 5.73 Å². The number of halogens is 1. The van der Waals surface area contributed by atoms with Crippen molar-refractivity contribution in [1.29, 1.82) is 0 Å². The summed E-state index contributed by atoms with van der Waals surface area (Å²) in [6.07, 6.45) is 3.74. The number of aromatic nitrogens is 2. The molecule has 0 unspecified atom stereocenters. The molecular formula is C11H12BrN3. The Bertz CT molecular complexity index is 476. The van der Waals surface area contributed by atoms with E-state index in [0.717, 1.165) is 15.7 Å². The summed E-state index contributed by atoms with van der Waals surface area (Å²) < 4.78 is 2.94. The van der Waals surface area contributed by atoms with Crippen LogP contribution < -0.4 is 5.73 Å². The Morgan fingerprint density at radius 3 is 2.87 bits per heavy atom. The zero-order chi connectivity index (χ0) is 10.8. The van der Waals surface area contributed by atoms with E-state index in [-0.39, 0.29) is 0 Å². The van der Waals surface area contributed by atoms with Gasteiger partial charge in [-0.05, 0) is 30.7 Å². The van der Waals surface area contributed by atoms with Crippen LogP contribution >= 0.6 is 15.9 Å². The molecule has 2 aromatic rings. The van der Waals surface area contributed by atoms with E-state index < -0.39 is 0 Å². The predicted octanol–water partition coefficient (Wildman–Crippen LogP) is 2.40. The van der Waals surface area contributed by atoms with Crippen molar-refractivity contribution in [2.24, 2.45) is 5.73 Å². The molecule has 0 aliphatic carbocycles. The molecule has 0 bridgehead atoms. The van der Waals surface area contributed by atoms with Gasteiger partial charge in [-0.2, -0.15) is 5.10 Å². The van der Waals surface area contributed by atoms with Gasteiger partial charge in [-0.3, -0.25) is 0 Å². The standard InChI is InChI=1S/C11H12BrN3/c1-8-4-10(2-3-11(8)12)15-7-9(5-13)6-14-15/h2-4,6-7H,5,13H2,1H3. The lowest BCUT2D eigenvalue weighted by Crippen LogP contribution is -1.96. The molecule has 0 fully saturated rings. The topological polar surface area (TPSA) is 43.8 Å². The van der Waals surface area contributed by atoms with Gasteiger partial charge < -0.3 is 5.73 Å². The average molecular weight is 266 g/mol. The van der Waals surface area contributed by atoms with E-state index in [1.807, 2.05) is 23.0 Å². The summed E-state index contributed by atoms with van der Waals surface area (Å²) in [6, 6.07) is 6.12. The summed E-state index contributed by atoms with van der Waals surface area (Å²) >= 11 is 3.47. The highest BCUT2D eigenvalue weighted by Gasteiger charge is 2.01. The molecular weight excluding hydrogens is 254 g/mol.